The first kappa shape index (κ1) is 12.4. The largest absolute Gasteiger partial charge is 0.399 e. The van der Waals surface area contributed by atoms with Gasteiger partial charge in [-0.1, -0.05) is 26.0 Å². The topological polar surface area (TPSA) is 26.0 Å². The Labute approximate surface area is 97.4 Å². The highest BCUT2D eigenvalue weighted by Gasteiger charge is 2.06. The van der Waals surface area contributed by atoms with Gasteiger partial charge in [0.15, 0.2) is 0 Å². The van der Waals surface area contributed by atoms with Gasteiger partial charge < -0.3 is 5.73 Å². The van der Waals surface area contributed by atoms with Gasteiger partial charge in [-0.3, -0.25) is 0 Å². The standard InChI is InChI=1S/C13H21NS/c1-10(2)7-8-15-11(3)12-5-4-6-13(14)9-12/h4-6,9-11H,7-8,14H2,1-3H3. The van der Waals surface area contributed by atoms with Crippen LogP contribution in [0.4, 0.5) is 5.69 Å². The van der Waals surface area contributed by atoms with Gasteiger partial charge in [-0.25, -0.2) is 0 Å². The zero-order chi connectivity index (χ0) is 11.3. The monoisotopic (exact) mass is 223 g/mol. The predicted molar refractivity (Wildman–Crippen MR) is 71.2 cm³/mol. The number of nitrogens with two attached hydrogens (primary N) is 1. The zero-order valence-electron chi connectivity index (χ0n) is 9.86. The van der Waals surface area contributed by atoms with E-state index < -0.39 is 0 Å². The van der Waals surface area contributed by atoms with E-state index in [4.69, 9.17) is 5.73 Å². The van der Waals surface area contributed by atoms with Gasteiger partial charge in [-0.15, -0.1) is 0 Å². The molecule has 0 spiro atoms. The SMILES string of the molecule is CC(C)CCSC(C)c1cccc(N)c1. The fourth-order valence-corrected chi connectivity index (χ4v) is 2.69. The second kappa shape index (κ2) is 6.06. The van der Waals surface area contributed by atoms with Crippen LogP contribution in [0.3, 0.4) is 0 Å². The smallest absolute Gasteiger partial charge is 0.0317 e. The Bertz CT molecular complexity index is 296. The molecule has 15 heavy (non-hydrogen) atoms. The van der Waals surface area contributed by atoms with E-state index in [0.717, 1.165) is 11.6 Å². The van der Waals surface area contributed by atoms with Crippen molar-refractivity contribution in [3.05, 3.63) is 29.8 Å². The molecule has 1 aromatic rings. The number of rotatable bonds is 5. The van der Waals surface area contributed by atoms with Crippen LogP contribution in [0.1, 0.15) is 38.0 Å². The number of anilines is 1. The molecule has 0 amide bonds. The van der Waals surface area contributed by atoms with Crippen LogP contribution in [0.25, 0.3) is 0 Å². The molecular weight excluding hydrogens is 202 g/mol. The van der Waals surface area contributed by atoms with E-state index in [1.54, 1.807) is 0 Å². The van der Waals surface area contributed by atoms with Crippen molar-refractivity contribution in [3.8, 4) is 0 Å². The molecule has 0 fully saturated rings. The van der Waals surface area contributed by atoms with E-state index in [9.17, 15) is 0 Å². The lowest BCUT2D eigenvalue weighted by Crippen LogP contribution is -1.95. The van der Waals surface area contributed by atoms with Gasteiger partial charge in [0.25, 0.3) is 0 Å². The molecule has 0 aliphatic rings. The minimum atomic E-state index is 0.548. The molecule has 0 aliphatic heterocycles. The molecule has 84 valence electrons. The summed E-state index contributed by atoms with van der Waals surface area (Å²) in [5.74, 6) is 2.03. The third-order valence-electron chi connectivity index (χ3n) is 2.44. The lowest BCUT2D eigenvalue weighted by Gasteiger charge is -2.13. The molecule has 1 rings (SSSR count). The average molecular weight is 223 g/mol. The molecule has 1 aromatic carbocycles. The molecule has 0 aliphatic carbocycles. The van der Waals surface area contributed by atoms with Crippen LogP contribution >= 0.6 is 11.8 Å². The van der Waals surface area contributed by atoms with Gasteiger partial charge in [0, 0.05) is 10.9 Å². The zero-order valence-corrected chi connectivity index (χ0v) is 10.7. The third kappa shape index (κ3) is 4.61. The minimum Gasteiger partial charge on any atom is -0.399 e. The fourth-order valence-electron chi connectivity index (χ4n) is 1.39. The summed E-state index contributed by atoms with van der Waals surface area (Å²) in [7, 11) is 0. The molecule has 1 nitrogen and oxygen atoms in total. The first-order chi connectivity index (χ1) is 7.09. The summed E-state index contributed by atoms with van der Waals surface area (Å²) < 4.78 is 0. The second-order valence-corrected chi connectivity index (χ2v) is 5.81. The summed E-state index contributed by atoms with van der Waals surface area (Å²) in [5, 5.41) is 0.548. The average Bonchev–Trinajstić information content (AvgIpc) is 2.17. The highest BCUT2D eigenvalue weighted by atomic mass is 32.2. The Morgan fingerprint density at radius 1 is 1.27 bits per heavy atom. The molecule has 1 unspecified atom stereocenters. The fraction of sp³-hybridized carbons (Fsp3) is 0.538. The Morgan fingerprint density at radius 3 is 2.60 bits per heavy atom. The lowest BCUT2D eigenvalue weighted by atomic mass is 10.1. The summed E-state index contributed by atoms with van der Waals surface area (Å²) in [4.78, 5) is 0. The molecule has 0 aromatic heterocycles. The quantitative estimate of drug-likeness (QED) is 0.760. The summed E-state index contributed by atoms with van der Waals surface area (Å²) in [6, 6.07) is 8.20. The number of benzene rings is 1. The van der Waals surface area contributed by atoms with E-state index in [-0.39, 0.29) is 0 Å². The molecule has 0 radical (unpaired) electrons. The van der Waals surface area contributed by atoms with E-state index in [1.165, 1.54) is 17.7 Å². The van der Waals surface area contributed by atoms with Gasteiger partial charge >= 0.3 is 0 Å². The van der Waals surface area contributed by atoms with Crippen LogP contribution in [0.15, 0.2) is 24.3 Å². The molecule has 2 N–H and O–H groups in total. The molecule has 0 heterocycles. The number of hydrogen-bond donors (Lipinski definition) is 1. The molecule has 0 saturated heterocycles. The summed E-state index contributed by atoms with van der Waals surface area (Å²) in [5.41, 5.74) is 7.97. The molecule has 1 atom stereocenters. The maximum Gasteiger partial charge on any atom is 0.0317 e. The summed E-state index contributed by atoms with van der Waals surface area (Å²) >= 11 is 2.01. The van der Waals surface area contributed by atoms with Gasteiger partial charge in [0.2, 0.25) is 0 Å². The maximum atomic E-state index is 5.76. The third-order valence-corrected chi connectivity index (χ3v) is 3.69. The molecule has 0 bridgehead atoms. The second-order valence-electron chi connectivity index (χ2n) is 4.37. The van der Waals surface area contributed by atoms with Gasteiger partial charge in [0.05, 0.1) is 0 Å². The van der Waals surface area contributed by atoms with Crippen molar-refractivity contribution in [2.45, 2.75) is 32.4 Å². The van der Waals surface area contributed by atoms with Crippen LogP contribution in [0.2, 0.25) is 0 Å². The van der Waals surface area contributed by atoms with Gasteiger partial charge in [-0.2, -0.15) is 11.8 Å². The Balaban J connectivity index is 2.43. The number of hydrogen-bond acceptors (Lipinski definition) is 2. The van der Waals surface area contributed by atoms with Crippen molar-refractivity contribution >= 4 is 17.4 Å². The van der Waals surface area contributed by atoms with Crippen LogP contribution in [0, 0.1) is 5.92 Å². The van der Waals surface area contributed by atoms with E-state index >= 15 is 0 Å². The van der Waals surface area contributed by atoms with Crippen LogP contribution < -0.4 is 5.73 Å². The normalized spacial score (nSPS) is 13.1. The number of thioether (sulfide) groups is 1. The van der Waals surface area contributed by atoms with E-state index in [0.29, 0.717) is 5.25 Å². The van der Waals surface area contributed by atoms with Crippen molar-refractivity contribution in [1.82, 2.24) is 0 Å². The summed E-state index contributed by atoms with van der Waals surface area (Å²) in [6.45, 7) is 6.79. The first-order valence-electron chi connectivity index (χ1n) is 5.56. The Hall–Kier alpha value is -0.630. The van der Waals surface area contributed by atoms with Crippen molar-refractivity contribution in [2.24, 2.45) is 5.92 Å². The number of nitrogen functional groups attached to an aromatic ring is 1. The van der Waals surface area contributed by atoms with Crippen LogP contribution in [0.5, 0.6) is 0 Å². The summed E-state index contributed by atoms with van der Waals surface area (Å²) in [6.07, 6.45) is 1.29. The van der Waals surface area contributed by atoms with Crippen molar-refractivity contribution in [1.29, 1.82) is 0 Å². The van der Waals surface area contributed by atoms with Crippen LogP contribution in [-0.4, -0.2) is 5.75 Å². The van der Waals surface area contributed by atoms with Gasteiger partial charge in [0.1, 0.15) is 0 Å². The Morgan fingerprint density at radius 2 is 2.00 bits per heavy atom. The highest BCUT2D eigenvalue weighted by molar-refractivity contribution is 7.99. The van der Waals surface area contributed by atoms with Crippen molar-refractivity contribution in [3.63, 3.8) is 0 Å². The van der Waals surface area contributed by atoms with Crippen molar-refractivity contribution < 1.29 is 0 Å². The minimum absolute atomic E-state index is 0.548. The van der Waals surface area contributed by atoms with Crippen molar-refractivity contribution in [2.75, 3.05) is 11.5 Å². The van der Waals surface area contributed by atoms with Crippen LogP contribution in [-0.2, 0) is 0 Å². The maximum absolute atomic E-state index is 5.76. The Kier molecular flexibility index (Phi) is 5.03. The predicted octanol–water partition coefficient (Wildman–Crippen LogP) is 4.11. The van der Waals surface area contributed by atoms with E-state index in [1.807, 2.05) is 23.9 Å². The highest BCUT2D eigenvalue weighted by Crippen LogP contribution is 2.30. The molecule has 0 saturated carbocycles. The lowest BCUT2D eigenvalue weighted by molar-refractivity contribution is 0.631. The molecule has 2 heteroatoms. The van der Waals surface area contributed by atoms with Gasteiger partial charge in [-0.05, 0) is 42.7 Å². The first-order valence-corrected chi connectivity index (χ1v) is 6.61. The van der Waals surface area contributed by atoms with E-state index in [2.05, 4.69) is 32.9 Å². The molecular formula is C13H21NS.